The maximum Gasteiger partial charge on any atom is 0.244 e. The Bertz CT molecular complexity index is 427. The first-order valence-electron chi connectivity index (χ1n) is 6.47. The van der Waals surface area contributed by atoms with Crippen molar-refractivity contribution in [3.05, 3.63) is 24.3 Å². The first-order valence-corrected chi connectivity index (χ1v) is 6.47. The van der Waals surface area contributed by atoms with Crippen LogP contribution in [0.4, 0.5) is 11.4 Å². The third kappa shape index (κ3) is 2.58. The highest BCUT2D eigenvalue weighted by atomic mass is 16.2. The van der Waals surface area contributed by atoms with Gasteiger partial charge in [0, 0.05) is 31.5 Å². The molecule has 0 aromatic heterocycles. The normalized spacial score (nSPS) is 16.7. The number of nitrogens with two attached hydrogens (primary N) is 1. The molecule has 1 aromatic rings. The summed E-state index contributed by atoms with van der Waals surface area (Å²) >= 11 is 0. The summed E-state index contributed by atoms with van der Waals surface area (Å²) in [4.78, 5) is 16.2. The summed E-state index contributed by atoms with van der Waals surface area (Å²) in [5.41, 5.74) is 7.48. The molecule has 2 rings (SSSR count). The number of benzene rings is 1. The SMILES string of the molecule is CC(C(=O)N1CCCC1)N(C)c1cccc(N)c1. The molecule has 0 spiro atoms. The number of likely N-dealkylation sites (tertiary alicyclic amines) is 1. The van der Waals surface area contributed by atoms with Gasteiger partial charge in [0.2, 0.25) is 5.91 Å². The summed E-state index contributed by atoms with van der Waals surface area (Å²) in [6.45, 7) is 3.74. The van der Waals surface area contributed by atoms with Crippen molar-refractivity contribution in [2.75, 3.05) is 30.8 Å². The van der Waals surface area contributed by atoms with Gasteiger partial charge in [0.1, 0.15) is 6.04 Å². The van der Waals surface area contributed by atoms with Gasteiger partial charge in [-0.05, 0) is 38.0 Å². The molecule has 4 nitrogen and oxygen atoms in total. The van der Waals surface area contributed by atoms with Crippen molar-refractivity contribution in [1.29, 1.82) is 0 Å². The lowest BCUT2D eigenvalue weighted by molar-refractivity contribution is -0.131. The van der Waals surface area contributed by atoms with Crippen LogP contribution in [0.25, 0.3) is 0 Å². The first kappa shape index (κ1) is 12.7. The van der Waals surface area contributed by atoms with Crippen LogP contribution in [0.5, 0.6) is 0 Å². The van der Waals surface area contributed by atoms with Gasteiger partial charge in [-0.25, -0.2) is 0 Å². The molecular formula is C14H21N3O. The maximum absolute atomic E-state index is 12.3. The van der Waals surface area contributed by atoms with E-state index < -0.39 is 0 Å². The fourth-order valence-corrected chi connectivity index (χ4v) is 2.34. The Morgan fingerprint density at radius 2 is 2.06 bits per heavy atom. The fraction of sp³-hybridized carbons (Fsp3) is 0.500. The number of nitrogens with zero attached hydrogens (tertiary/aromatic N) is 2. The van der Waals surface area contributed by atoms with Crippen LogP contribution in [0.1, 0.15) is 19.8 Å². The second kappa shape index (κ2) is 5.29. The van der Waals surface area contributed by atoms with Crippen molar-refractivity contribution in [2.45, 2.75) is 25.8 Å². The van der Waals surface area contributed by atoms with Gasteiger partial charge in [-0.15, -0.1) is 0 Å². The van der Waals surface area contributed by atoms with E-state index in [1.54, 1.807) is 0 Å². The standard InChI is InChI=1S/C14H21N3O/c1-11(14(18)17-8-3-4-9-17)16(2)13-7-5-6-12(15)10-13/h5-7,10-11H,3-4,8-9,15H2,1-2H3. The Kier molecular flexibility index (Phi) is 3.75. The number of hydrogen-bond donors (Lipinski definition) is 1. The van der Waals surface area contributed by atoms with Gasteiger partial charge >= 0.3 is 0 Å². The molecule has 1 aliphatic heterocycles. The minimum Gasteiger partial charge on any atom is -0.399 e. The van der Waals surface area contributed by atoms with Crippen LogP contribution < -0.4 is 10.6 Å². The van der Waals surface area contributed by atoms with Crippen molar-refractivity contribution >= 4 is 17.3 Å². The Morgan fingerprint density at radius 1 is 1.39 bits per heavy atom. The Morgan fingerprint density at radius 3 is 2.67 bits per heavy atom. The molecule has 0 bridgehead atoms. The van der Waals surface area contributed by atoms with Gasteiger partial charge in [0.25, 0.3) is 0 Å². The molecule has 1 fully saturated rings. The van der Waals surface area contributed by atoms with Crippen LogP contribution in [-0.4, -0.2) is 37.0 Å². The molecule has 1 amide bonds. The maximum atomic E-state index is 12.3. The van der Waals surface area contributed by atoms with Crippen LogP contribution in [0, 0.1) is 0 Å². The van der Waals surface area contributed by atoms with E-state index in [1.807, 2.05) is 48.0 Å². The molecule has 1 saturated heterocycles. The van der Waals surface area contributed by atoms with Crippen LogP contribution >= 0.6 is 0 Å². The minimum absolute atomic E-state index is 0.148. The highest BCUT2D eigenvalue weighted by Gasteiger charge is 2.26. The zero-order chi connectivity index (χ0) is 13.1. The third-order valence-electron chi connectivity index (χ3n) is 3.63. The van der Waals surface area contributed by atoms with Gasteiger partial charge < -0.3 is 15.5 Å². The second-order valence-corrected chi connectivity index (χ2v) is 4.91. The zero-order valence-corrected chi connectivity index (χ0v) is 11.1. The predicted octanol–water partition coefficient (Wildman–Crippen LogP) is 1.72. The number of carbonyl (C=O) groups is 1. The molecule has 1 atom stereocenters. The second-order valence-electron chi connectivity index (χ2n) is 4.91. The summed E-state index contributed by atoms with van der Waals surface area (Å²) in [7, 11) is 1.94. The third-order valence-corrected chi connectivity index (χ3v) is 3.63. The quantitative estimate of drug-likeness (QED) is 0.827. The molecule has 98 valence electrons. The fourth-order valence-electron chi connectivity index (χ4n) is 2.34. The molecule has 1 heterocycles. The van der Waals surface area contributed by atoms with Crippen LogP contribution in [0.15, 0.2) is 24.3 Å². The molecule has 18 heavy (non-hydrogen) atoms. The largest absolute Gasteiger partial charge is 0.399 e. The molecule has 1 unspecified atom stereocenters. The molecule has 0 aliphatic carbocycles. The first-order chi connectivity index (χ1) is 8.59. The molecule has 1 aromatic carbocycles. The summed E-state index contributed by atoms with van der Waals surface area (Å²) in [5.74, 6) is 0.206. The van der Waals surface area contributed by atoms with Crippen molar-refractivity contribution in [3.8, 4) is 0 Å². The highest BCUT2D eigenvalue weighted by Crippen LogP contribution is 2.20. The van der Waals surface area contributed by atoms with Gasteiger partial charge in [-0.3, -0.25) is 4.79 Å². The highest BCUT2D eigenvalue weighted by molar-refractivity contribution is 5.85. The Labute approximate surface area is 108 Å². The lowest BCUT2D eigenvalue weighted by atomic mass is 10.2. The van der Waals surface area contributed by atoms with E-state index >= 15 is 0 Å². The number of amides is 1. The minimum atomic E-state index is -0.148. The van der Waals surface area contributed by atoms with Crippen molar-refractivity contribution < 1.29 is 4.79 Å². The molecule has 0 radical (unpaired) electrons. The summed E-state index contributed by atoms with van der Waals surface area (Å²) in [6, 6.07) is 7.49. The number of likely N-dealkylation sites (N-methyl/N-ethyl adjacent to an activating group) is 1. The number of anilines is 2. The average molecular weight is 247 g/mol. The summed E-state index contributed by atoms with van der Waals surface area (Å²) < 4.78 is 0. The van der Waals surface area contributed by atoms with E-state index in [2.05, 4.69) is 0 Å². The van der Waals surface area contributed by atoms with Crippen LogP contribution in [0.2, 0.25) is 0 Å². The topological polar surface area (TPSA) is 49.6 Å². The number of rotatable bonds is 3. The van der Waals surface area contributed by atoms with Crippen LogP contribution in [-0.2, 0) is 4.79 Å². The molecular weight excluding hydrogens is 226 g/mol. The number of nitrogen functional groups attached to an aromatic ring is 1. The average Bonchev–Trinajstić information content (AvgIpc) is 2.90. The Balaban J connectivity index is 2.08. The summed E-state index contributed by atoms with van der Waals surface area (Å²) in [6.07, 6.45) is 2.25. The van der Waals surface area contributed by atoms with E-state index in [0.29, 0.717) is 0 Å². The lowest BCUT2D eigenvalue weighted by Crippen LogP contribution is -2.44. The van der Waals surface area contributed by atoms with E-state index in [0.717, 1.165) is 37.3 Å². The molecule has 4 heteroatoms. The molecule has 1 aliphatic rings. The van der Waals surface area contributed by atoms with Crippen molar-refractivity contribution in [1.82, 2.24) is 4.90 Å². The van der Waals surface area contributed by atoms with Crippen LogP contribution in [0.3, 0.4) is 0 Å². The molecule has 2 N–H and O–H groups in total. The van der Waals surface area contributed by atoms with Crippen molar-refractivity contribution in [2.24, 2.45) is 0 Å². The van der Waals surface area contributed by atoms with Gasteiger partial charge in [0.15, 0.2) is 0 Å². The smallest absolute Gasteiger partial charge is 0.244 e. The van der Waals surface area contributed by atoms with Gasteiger partial charge in [-0.1, -0.05) is 6.07 Å². The van der Waals surface area contributed by atoms with Gasteiger partial charge in [-0.2, -0.15) is 0 Å². The van der Waals surface area contributed by atoms with E-state index in [1.165, 1.54) is 0 Å². The molecule has 0 saturated carbocycles. The van der Waals surface area contributed by atoms with E-state index in [4.69, 9.17) is 5.73 Å². The summed E-state index contributed by atoms with van der Waals surface area (Å²) in [5, 5.41) is 0. The van der Waals surface area contributed by atoms with Gasteiger partial charge in [0.05, 0.1) is 0 Å². The predicted molar refractivity (Wildman–Crippen MR) is 74.5 cm³/mol. The Hall–Kier alpha value is -1.71. The van der Waals surface area contributed by atoms with E-state index in [9.17, 15) is 4.79 Å². The van der Waals surface area contributed by atoms with E-state index in [-0.39, 0.29) is 11.9 Å². The monoisotopic (exact) mass is 247 g/mol. The lowest BCUT2D eigenvalue weighted by Gasteiger charge is -2.29. The zero-order valence-electron chi connectivity index (χ0n) is 11.1. The van der Waals surface area contributed by atoms with Crippen molar-refractivity contribution in [3.63, 3.8) is 0 Å². The number of carbonyl (C=O) groups excluding carboxylic acids is 1. The number of hydrogen-bond acceptors (Lipinski definition) is 3.